The average Bonchev–Trinajstić information content (AvgIpc) is 3.26. The summed E-state index contributed by atoms with van der Waals surface area (Å²) in [5, 5.41) is 4.95. The molecule has 3 aliphatic heterocycles. The van der Waals surface area contributed by atoms with E-state index in [1.807, 2.05) is 0 Å². The molecule has 2 aromatic rings. The van der Waals surface area contributed by atoms with Crippen molar-refractivity contribution in [1.29, 1.82) is 0 Å². The highest BCUT2D eigenvalue weighted by atomic mass is 32.1. The van der Waals surface area contributed by atoms with Gasteiger partial charge in [0.25, 0.3) is 0 Å². The van der Waals surface area contributed by atoms with Gasteiger partial charge in [0.1, 0.15) is 11.0 Å². The van der Waals surface area contributed by atoms with Crippen LogP contribution in [0.1, 0.15) is 34.1 Å². The lowest BCUT2D eigenvalue weighted by Gasteiger charge is -2.44. The molecule has 0 saturated carbocycles. The molecular formula is C21H25N3O5S. The second-order valence-corrected chi connectivity index (χ2v) is 8.40. The van der Waals surface area contributed by atoms with Gasteiger partial charge in [-0.05, 0) is 49.4 Å². The molecule has 0 aromatic carbocycles. The second kappa shape index (κ2) is 9.01. The molecule has 1 N–H and O–H groups in total. The van der Waals surface area contributed by atoms with E-state index in [1.165, 1.54) is 25.6 Å². The van der Waals surface area contributed by atoms with Crippen LogP contribution in [-0.2, 0) is 14.3 Å². The van der Waals surface area contributed by atoms with E-state index in [9.17, 15) is 9.59 Å². The van der Waals surface area contributed by atoms with Crippen LogP contribution in [0, 0.1) is 5.92 Å². The number of pyridine rings is 1. The van der Waals surface area contributed by atoms with Crippen molar-refractivity contribution in [3.8, 4) is 5.88 Å². The summed E-state index contributed by atoms with van der Waals surface area (Å²) in [4.78, 5) is 32.3. The first kappa shape index (κ1) is 20.6. The Morgan fingerprint density at radius 2 is 2.03 bits per heavy atom. The van der Waals surface area contributed by atoms with Crippen LogP contribution in [0.4, 0.5) is 5.69 Å². The molecule has 2 unspecified atom stereocenters. The SMILES string of the molecule is COC(=O)c1sccc1NC(C(=O)OC1CN2CCC1CC2)c1ccc(OC)nc1. The summed E-state index contributed by atoms with van der Waals surface area (Å²) in [7, 11) is 2.87. The van der Waals surface area contributed by atoms with Crippen LogP contribution >= 0.6 is 11.3 Å². The zero-order valence-corrected chi connectivity index (χ0v) is 17.8. The van der Waals surface area contributed by atoms with Gasteiger partial charge in [-0.1, -0.05) is 0 Å². The van der Waals surface area contributed by atoms with Crippen LogP contribution in [0.3, 0.4) is 0 Å². The standard InChI is InChI=1S/C21H25N3O5S/c1-27-17-4-3-14(11-22-17)18(23-15-7-10-30-19(15)21(26)28-2)20(25)29-16-12-24-8-5-13(16)6-9-24/h3-4,7,10-11,13,16,18,23H,5-6,8-9,12H2,1-2H3. The van der Waals surface area contributed by atoms with Crippen LogP contribution in [-0.4, -0.2) is 61.8 Å². The number of hydrogen-bond acceptors (Lipinski definition) is 9. The zero-order chi connectivity index (χ0) is 21.1. The number of methoxy groups -OCH3 is 2. The number of carbonyl (C=O) groups excluding carboxylic acids is 2. The lowest BCUT2D eigenvalue weighted by atomic mass is 9.86. The van der Waals surface area contributed by atoms with Crippen LogP contribution in [0.25, 0.3) is 0 Å². The number of hydrogen-bond donors (Lipinski definition) is 1. The molecular weight excluding hydrogens is 406 g/mol. The minimum absolute atomic E-state index is 0.113. The molecule has 5 rings (SSSR count). The van der Waals surface area contributed by atoms with E-state index in [0.717, 1.165) is 32.5 Å². The van der Waals surface area contributed by atoms with Crippen molar-refractivity contribution in [2.75, 3.05) is 39.2 Å². The summed E-state index contributed by atoms with van der Waals surface area (Å²) < 4.78 is 15.9. The molecule has 5 heterocycles. The fraction of sp³-hybridized carbons (Fsp3) is 0.476. The van der Waals surface area contributed by atoms with E-state index in [1.54, 1.807) is 29.8 Å². The Hall–Kier alpha value is -2.65. The lowest BCUT2D eigenvalue weighted by Crippen LogP contribution is -2.52. The summed E-state index contributed by atoms with van der Waals surface area (Å²) in [5.74, 6) is 0.0157. The molecule has 0 amide bonds. The van der Waals surface area contributed by atoms with E-state index in [2.05, 4.69) is 15.2 Å². The number of nitrogens with zero attached hydrogens (tertiary/aromatic N) is 2. The summed E-state index contributed by atoms with van der Waals surface area (Å²) in [6, 6.07) is 4.41. The van der Waals surface area contributed by atoms with Crippen LogP contribution < -0.4 is 10.1 Å². The largest absolute Gasteiger partial charge is 0.481 e. The Morgan fingerprint density at radius 3 is 2.63 bits per heavy atom. The van der Waals surface area contributed by atoms with Crippen LogP contribution in [0.2, 0.25) is 0 Å². The molecule has 3 aliphatic rings. The summed E-state index contributed by atoms with van der Waals surface area (Å²) in [5.41, 5.74) is 1.16. The van der Waals surface area contributed by atoms with Gasteiger partial charge in [-0.15, -0.1) is 11.3 Å². The summed E-state index contributed by atoms with van der Waals surface area (Å²) >= 11 is 1.25. The fourth-order valence-electron chi connectivity index (χ4n) is 4.05. The highest BCUT2D eigenvalue weighted by molar-refractivity contribution is 7.12. The number of rotatable bonds is 7. The lowest BCUT2D eigenvalue weighted by molar-refractivity contribution is -0.159. The van der Waals surface area contributed by atoms with E-state index in [-0.39, 0.29) is 12.1 Å². The Bertz CT molecular complexity index is 892. The van der Waals surface area contributed by atoms with Gasteiger partial charge in [-0.25, -0.2) is 14.6 Å². The van der Waals surface area contributed by atoms with E-state index >= 15 is 0 Å². The molecule has 2 atom stereocenters. The van der Waals surface area contributed by atoms with Crippen molar-refractivity contribution in [1.82, 2.24) is 9.88 Å². The maximum atomic E-state index is 13.2. The number of ether oxygens (including phenoxy) is 3. The maximum Gasteiger partial charge on any atom is 0.350 e. The molecule has 2 aromatic heterocycles. The third-order valence-corrected chi connectivity index (χ3v) is 6.63. The van der Waals surface area contributed by atoms with Crippen molar-refractivity contribution in [2.24, 2.45) is 5.92 Å². The molecule has 160 valence electrons. The zero-order valence-electron chi connectivity index (χ0n) is 17.0. The highest BCUT2D eigenvalue weighted by Crippen LogP contribution is 2.32. The molecule has 0 radical (unpaired) electrons. The summed E-state index contributed by atoms with van der Waals surface area (Å²) in [6.45, 7) is 2.91. The third kappa shape index (κ3) is 4.27. The first-order chi connectivity index (χ1) is 14.6. The van der Waals surface area contributed by atoms with Gasteiger partial charge in [0.05, 0.1) is 19.9 Å². The van der Waals surface area contributed by atoms with E-state index in [4.69, 9.17) is 14.2 Å². The number of anilines is 1. The van der Waals surface area contributed by atoms with Crippen molar-refractivity contribution in [3.63, 3.8) is 0 Å². The quantitative estimate of drug-likeness (QED) is 0.670. The monoisotopic (exact) mass is 431 g/mol. The van der Waals surface area contributed by atoms with Gasteiger partial charge in [0.2, 0.25) is 5.88 Å². The number of aromatic nitrogens is 1. The smallest absolute Gasteiger partial charge is 0.350 e. The minimum Gasteiger partial charge on any atom is -0.481 e. The molecule has 3 saturated heterocycles. The van der Waals surface area contributed by atoms with E-state index < -0.39 is 12.0 Å². The molecule has 2 bridgehead atoms. The first-order valence-electron chi connectivity index (χ1n) is 9.94. The van der Waals surface area contributed by atoms with Crippen molar-refractivity contribution < 1.29 is 23.8 Å². The van der Waals surface area contributed by atoms with Crippen molar-refractivity contribution in [2.45, 2.75) is 25.0 Å². The van der Waals surface area contributed by atoms with Crippen molar-refractivity contribution >= 4 is 29.0 Å². The molecule has 0 aliphatic carbocycles. The number of carbonyl (C=O) groups is 2. The Kier molecular flexibility index (Phi) is 6.19. The number of nitrogens with one attached hydrogen (secondary N) is 1. The Morgan fingerprint density at radius 1 is 1.23 bits per heavy atom. The minimum atomic E-state index is -0.808. The van der Waals surface area contributed by atoms with Gasteiger partial charge < -0.3 is 19.5 Å². The predicted octanol–water partition coefficient (Wildman–Crippen LogP) is 2.73. The third-order valence-electron chi connectivity index (χ3n) is 5.74. The topological polar surface area (TPSA) is 90.0 Å². The van der Waals surface area contributed by atoms with Gasteiger partial charge in [-0.3, -0.25) is 4.90 Å². The molecule has 9 heteroatoms. The van der Waals surface area contributed by atoms with Crippen LogP contribution in [0.5, 0.6) is 5.88 Å². The van der Waals surface area contributed by atoms with Crippen LogP contribution in [0.15, 0.2) is 29.8 Å². The van der Waals surface area contributed by atoms with E-state index in [0.29, 0.717) is 27.9 Å². The summed E-state index contributed by atoms with van der Waals surface area (Å²) in [6.07, 6.45) is 3.57. The maximum absolute atomic E-state index is 13.2. The highest BCUT2D eigenvalue weighted by Gasteiger charge is 2.38. The number of esters is 2. The van der Waals surface area contributed by atoms with Gasteiger partial charge in [0.15, 0.2) is 6.04 Å². The van der Waals surface area contributed by atoms with Gasteiger partial charge >= 0.3 is 11.9 Å². The average molecular weight is 432 g/mol. The molecule has 30 heavy (non-hydrogen) atoms. The fourth-order valence-corrected chi connectivity index (χ4v) is 4.83. The van der Waals surface area contributed by atoms with Crippen molar-refractivity contribution in [3.05, 3.63) is 40.2 Å². The predicted molar refractivity (Wildman–Crippen MR) is 112 cm³/mol. The second-order valence-electron chi connectivity index (χ2n) is 7.48. The number of thiophene rings is 1. The first-order valence-corrected chi connectivity index (χ1v) is 10.8. The van der Waals surface area contributed by atoms with Gasteiger partial charge in [0, 0.05) is 24.4 Å². The molecule has 8 nitrogen and oxygen atoms in total. The normalized spacial score (nSPS) is 23.5. The Balaban J connectivity index is 1.57. The van der Waals surface area contributed by atoms with Gasteiger partial charge in [-0.2, -0.15) is 0 Å². The Labute approximate surface area is 179 Å². The number of piperidine rings is 3. The molecule has 0 spiro atoms. The molecule has 3 fully saturated rings. The number of fused-ring (bicyclic) bond motifs is 3.